The number of hydrogen-bond donors (Lipinski definition) is 1. The van der Waals surface area contributed by atoms with Gasteiger partial charge in [0, 0.05) is 12.6 Å². The number of carbonyl (C=O) groups is 1. The Bertz CT molecular complexity index is 464. The number of aromatic nitrogens is 4. The first-order valence-corrected chi connectivity index (χ1v) is 7.47. The van der Waals surface area contributed by atoms with Gasteiger partial charge in [-0.2, -0.15) is 0 Å². The molecule has 2 unspecified atom stereocenters. The highest BCUT2D eigenvalue weighted by atomic mass is 16.5. The van der Waals surface area contributed by atoms with Gasteiger partial charge in [0.25, 0.3) is 0 Å². The number of aryl methyl sites for hydroxylation is 1. The van der Waals surface area contributed by atoms with Gasteiger partial charge in [-0.1, -0.05) is 13.8 Å². The van der Waals surface area contributed by atoms with Crippen LogP contribution in [0.1, 0.15) is 32.5 Å². The molecule has 21 heavy (non-hydrogen) atoms. The number of hydrogen-bond acceptors (Lipinski definition) is 6. The molecule has 0 radical (unpaired) electrons. The third kappa shape index (κ3) is 3.76. The number of carboxylic acids is 1. The Labute approximate surface area is 124 Å². The molecular formula is C13H23N5O3. The van der Waals surface area contributed by atoms with Crippen LogP contribution in [0.4, 0.5) is 0 Å². The van der Waals surface area contributed by atoms with Crippen LogP contribution in [0.25, 0.3) is 0 Å². The molecule has 0 aliphatic carbocycles. The fourth-order valence-corrected chi connectivity index (χ4v) is 2.69. The summed E-state index contributed by atoms with van der Waals surface area (Å²) >= 11 is 0. The summed E-state index contributed by atoms with van der Waals surface area (Å²) in [5.74, 6) is -0.500. The van der Waals surface area contributed by atoms with E-state index in [1.165, 1.54) is 0 Å². The van der Waals surface area contributed by atoms with Crippen LogP contribution in [0.2, 0.25) is 0 Å². The highest BCUT2D eigenvalue weighted by Crippen LogP contribution is 2.22. The molecular weight excluding hydrogens is 274 g/mol. The first-order chi connectivity index (χ1) is 10.2. The van der Waals surface area contributed by atoms with Crippen molar-refractivity contribution in [2.45, 2.75) is 45.8 Å². The zero-order valence-corrected chi connectivity index (χ0v) is 12.6. The summed E-state index contributed by atoms with van der Waals surface area (Å²) in [4.78, 5) is 13.5. The lowest BCUT2D eigenvalue weighted by Crippen LogP contribution is -2.43. The third-order valence-corrected chi connectivity index (χ3v) is 3.73. The van der Waals surface area contributed by atoms with E-state index in [0.717, 1.165) is 31.8 Å². The van der Waals surface area contributed by atoms with Crippen molar-refractivity contribution < 1.29 is 14.6 Å². The molecule has 1 aliphatic heterocycles. The van der Waals surface area contributed by atoms with Gasteiger partial charge in [0.15, 0.2) is 5.82 Å². The minimum absolute atomic E-state index is 0.116. The first kappa shape index (κ1) is 15.8. The molecule has 0 saturated carbocycles. The standard InChI is InChI=1S/C13H23N5O3/c1-3-5-17(11-9-21-8-10(11)13(19)20)7-12-14-15-16-18(12)6-4-2/h10-11H,3-9H2,1-2H3,(H,19,20). The second kappa shape index (κ2) is 7.46. The predicted molar refractivity (Wildman–Crippen MR) is 74.5 cm³/mol. The van der Waals surface area contributed by atoms with Crippen molar-refractivity contribution in [2.75, 3.05) is 19.8 Å². The van der Waals surface area contributed by atoms with Crippen LogP contribution < -0.4 is 0 Å². The summed E-state index contributed by atoms with van der Waals surface area (Å²) in [7, 11) is 0. The molecule has 2 atom stereocenters. The normalized spacial score (nSPS) is 22.0. The minimum Gasteiger partial charge on any atom is -0.481 e. The maximum absolute atomic E-state index is 11.3. The maximum Gasteiger partial charge on any atom is 0.310 e. The molecule has 0 bridgehead atoms. The Morgan fingerprint density at radius 3 is 2.90 bits per heavy atom. The van der Waals surface area contributed by atoms with E-state index in [0.29, 0.717) is 13.2 Å². The molecule has 8 nitrogen and oxygen atoms in total. The third-order valence-electron chi connectivity index (χ3n) is 3.73. The van der Waals surface area contributed by atoms with Crippen molar-refractivity contribution in [2.24, 2.45) is 5.92 Å². The second-order valence-electron chi connectivity index (χ2n) is 5.34. The molecule has 1 saturated heterocycles. The quantitative estimate of drug-likeness (QED) is 0.742. The van der Waals surface area contributed by atoms with Gasteiger partial charge >= 0.3 is 5.97 Å². The van der Waals surface area contributed by atoms with Crippen LogP contribution >= 0.6 is 0 Å². The number of nitrogens with zero attached hydrogens (tertiary/aromatic N) is 5. The summed E-state index contributed by atoms with van der Waals surface area (Å²) < 4.78 is 7.16. The van der Waals surface area contributed by atoms with Gasteiger partial charge in [-0.15, -0.1) is 5.10 Å². The average molecular weight is 297 g/mol. The van der Waals surface area contributed by atoms with E-state index in [9.17, 15) is 9.90 Å². The molecule has 2 rings (SSSR count). The molecule has 1 aliphatic rings. The molecule has 2 heterocycles. The van der Waals surface area contributed by atoms with Gasteiger partial charge in [-0.05, 0) is 29.8 Å². The van der Waals surface area contributed by atoms with Crippen molar-refractivity contribution in [3.8, 4) is 0 Å². The molecule has 0 spiro atoms. The van der Waals surface area contributed by atoms with E-state index < -0.39 is 11.9 Å². The summed E-state index contributed by atoms with van der Waals surface area (Å²) in [5, 5.41) is 21.1. The lowest BCUT2D eigenvalue weighted by Gasteiger charge is -2.29. The molecule has 0 aromatic carbocycles. The van der Waals surface area contributed by atoms with Crippen LogP contribution in [0.3, 0.4) is 0 Å². The molecule has 1 aromatic heterocycles. The topological polar surface area (TPSA) is 93.4 Å². The smallest absolute Gasteiger partial charge is 0.310 e. The molecule has 1 aromatic rings. The summed E-state index contributed by atoms with van der Waals surface area (Å²) in [5.41, 5.74) is 0. The summed E-state index contributed by atoms with van der Waals surface area (Å²) in [6.45, 7) is 7.00. The summed E-state index contributed by atoms with van der Waals surface area (Å²) in [6.07, 6.45) is 1.90. The minimum atomic E-state index is -0.799. The Kier molecular flexibility index (Phi) is 5.63. The molecule has 8 heteroatoms. The highest BCUT2D eigenvalue weighted by molar-refractivity contribution is 5.71. The second-order valence-corrected chi connectivity index (χ2v) is 5.34. The van der Waals surface area contributed by atoms with E-state index >= 15 is 0 Å². The predicted octanol–water partition coefficient (Wildman–Crippen LogP) is 0.395. The number of rotatable bonds is 8. The van der Waals surface area contributed by atoms with Crippen LogP contribution in [0, 0.1) is 5.92 Å². The summed E-state index contributed by atoms with van der Waals surface area (Å²) in [6, 6.07) is -0.116. The fraction of sp³-hybridized carbons (Fsp3) is 0.846. The van der Waals surface area contributed by atoms with E-state index in [1.54, 1.807) is 4.68 Å². The van der Waals surface area contributed by atoms with Crippen molar-refractivity contribution in [1.29, 1.82) is 0 Å². The zero-order chi connectivity index (χ0) is 15.2. The van der Waals surface area contributed by atoms with Crippen molar-refractivity contribution in [3.63, 3.8) is 0 Å². The van der Waals surface area contributed by atoms with E-state index in [4.69, 9.17) is 4.74 Å². The van der Waals surface area contributed by atoms with Gasteiger partial charge in [0.1, 0.15) is 0 Å². The molecule has 0 amide bonds. The van der Waals surface area contributed by atoms with Gasteiger partial charge in [0.05, 0.1) is 25.7 Å². The molecule has 1 fully saturated rings. The monoisotopic (exact) mass is 297 g/mol. The van der Waals surface area contributed by atoms with E-state index in [2.05, 4.69) is 34.3 Å². The lowest BCUT2D eigenvalue weighted by atomic mass is 10.0. The Balaban J connectivity index is 2.11. The highest BCUT2D eigenvalue weighted by Gasteiger charge is 2.38. The number of tetrazole rings is 1. The lowest BCUT2D eigenvalue weighted by molar-refractivity contribution is -0.143. The van der Waals surface area contributed by atoms with Crippen LogP contribution in [-0.4, -0.2) is 62.0 Å². The van der Waals surface area contributed by atoms with E-state index in [1.807, 2.05) is 0 Å². The number of aliphatic carboxylic acids is 1. The SMILES string of the molecule is CCCN(Cc1nnnn1CCC)C1COCC1C(=O)O. The van der Waals surface area contributed by atoms with Gasteiger partial charge in [0.2, 0.25) is 0 Å². The Morgan fingerprint density at radius 2 is 2.24 bits per heavy atom. The van der Waals surface area contributed by atoms with Crippen molar-refractivity contribution in [3.05, 3.63) is 5.82 Å². The van der Waals surface area contributed by atoms with Gasteiger partial charge in [-0.3, -0.25) is 9.69 Å². The Morgan fingerprint density at radius 1 is 1.43 bits per heavy atom. The van der Waals surface area contributed by atoms with Crippen LogP contribution in [0.5, 0.6) is 0 Å². The average Bonchev–Trinajstić information content (AvgIpc) is 3.08. The number of ether oxygens (including phenoxy) is 1. The Hall–Kier alpha value is -1.54. The van der Waals surface area contributed by atoms with Crippen molar-refractivity contribution in [1.82, 2.24) is 25.1 Å². The van der Waals surface area contributed by atoms with Gasteiger partial charge in [-0.25, -0.2) is 4.68 Å². The van der Waals surface area contributed by atoms with E-state index in [-0.39, 0.29) is 12.6 Å². The molecule has 118 valence electrons. The van der Waals surface area contributed by atoms with Gasteiger partial charge < -0.3 is 9.84 Å². The van der Waals surface area contributed by atoms with Crippen molar-refractivity contribution >= 4 is 5.97 Å². The fourth-order valence-electron chi connectivity index (χ4n) is 2.69. The maximum atomic E-state index is 11.3. The van der Waals surface area contributed by atoms with Crippen LogP contribution in [0.15, 0.2) is 0 Å². The largest absolute Gasteiger partial charge is 0.481 e. The zero-order valence-electron chi connectivity index (χ0n) is 12.6. The molecule has 1 N–H and O–H groups in total. The van der Waals surface area contributed by atoms with Crippen LogP contribution in [-0.2, 0) is 22.6 Å². The number of carboxylic acid groups (broad SMARTS) is 1. The first-order valence-electron chi connectivity index (χ1n) is 7.47.